The highest BCUT2D eigenvalue weighted by Gasteiger charge is 2.49. The third-order valence-corrected chi connectivity index (χ3v) is 3.50. The van der Waals surface area contributed by atoms with E-state index in [2.05, 4.69) is 4.74 Å². The number of aromatic hydroxyl groups is 1. The molecule has 22 heavy (non-hydrogen) atoms. The van der Waals surface area contributed by atoms with Crippen LogP contribution < -0.4 is 4.74 Å². The van der Waals surface area contributed by atoms with Crippen molar-refractivity contribution < 1.29 is 32.5 Å². The first-order valence-corrected chi connectivity index (χ1v) is 6.75. The van der Waals surface area contributed by atoms with Crippen LogP contribution in [0.5, 0.6) is 11.5 Å². The lowest BCUT2D eigenvalue weighted by atomic mass is 10.0. The molecule has 1 aliphatic rings. The normalized spacial score (nSPS) is 17.4. The standard InChI is InChI=1S/C13H9Cl2F3O4/c1-2-21-12(20)6-3-5-8(22-11(6)13(16,17)18)4-7(14)10(19)9(5)15/h3-4,11,19H,2H2,1H3. The van der Waals surface area contributed by atoms with E-state index >= 15 is 0 Å². The first kappa shape index (κ1) is 16.8. The topological polar surface area (TPSA) is 55.8 Å². The van der Waals surface area contributed by atoms with Gasteiger partial charge in [0, 0.05) is 11.6 Å². The van der Waals surface area contributed by atoms with Crippen molar-refractivity contribution in [1.29, 1.82) is 0 Å². The van der Waals surface area contributed by atoms with Gasteiger partial charge in [0.1, 0.15) is 5.75 Å². The lowest BCUT2D eigenvalue weighted by molar-refractivity contribution is -0.187. The van der Waals surface area contributed by atoms with E-state index in [1.54, 1.807) is 0 Å². The molecule has 0 bridgehead atoms. The second-order valence-electron chi connectivity index (χ2n) is 4.29. The van der Waals surface area contributed by atoms with Crippen LogP contribution in [0.1, 0.15) is 12.5 Å². The van der Waals surface area contributed by atoms with Crippen molar-refractivity contribution in [3.8, 4) is 11.5 Å². The smallest absolute Gasteiger partial charge is 0.430 e. The molecule has 0 saturated heterocycles. The third kappa shape index (κ3) is 2.96. The molecule has 0 amide bonds. The average molecular weight is 357 g/mol. The van der Waals surface area contributed by atoms with Crippen LogP contribution in [-0.2, 0) is 9.53 Å². The predicted molar refractivity (Wildman–Crippen MR) is 73.2 cm³/mol. The number of alkyl halides is 3. The van der Waals surface area contributed by atoms with E-state index in [-0.39, 0.29) is 28.0 Å². The van der Waals surface area contributed by atoms with Gasteiger partial charge in [-0.05, 0) is 13.0 Å². The second kappa shape index (κ2) is 5.89. The van der Waals surface area contributed by atoms with E-state index in [0.29, 0.717) is 0 Å². The molecule has 1 unspecified atom stereocenters. The number of fused-ring (bicyclic) bond motifs is 1. The first-order chi connectivity index (χ1) is 10.2. The average Bonchev–Trinajstić information content (AvgIpc) is 2.43. The monoisotopic (exact) mass is 356 g/mol. The van der Waals surface area contributed by atoms with Gasteiger partial charge in [-0.3, -0.25) is 0 Å². The summed E-state index contributed by atoms with van der Waals surface area (Å²) in [6, 6.07) is 0.995. The van der Waals surface area contributed by atoms with Gasteiger partial charge in [0.25, 0.3) is 0 Å². The van der Waals surface area contributed by atoms with Gasteiger partial charge in [-0.25, -0.2) is 4.79 Å². The number of phenolic OH excluding ortho intramolecular Hbond substituents is 1. The molecule has 0 aliphatic carbocycles. The summed E-state index contributed by atoms with van der Waals surface area (Å²) in [6.45, 7) is 1.35. The van der Waals surface area contributed by atoms with E-state index in [4.69, 9.17) is 27.9 Å². The lowest BCUT2D eigenvalue weighted by Crippen LogP contribution is -2.40. The highest BCUT2D eigenvalue weighted by atomic mass is 35.5. The molecule has 2 rings (SSSR count). The molecule has 0 radical (unpaired) electrons. The van der Waals surface area contributed by atoms with Gasteiger partial charge < -0.3 is 14.6 Å². The van der Waals surface area contributed by atoms with Crippen molar-refractivity contribution in [1.82, 2.24) is 0 Å². The Balaban J connectivity index is 2.61. The molecule has 1 aliphatic heterocycles. The molecule has 1 atom stereocenters. The predicted octanol–water partition coefficient (Wildman–Crippen LogP) is 3.97. The number of carbonyl (C=O) groups is 1. The van der Waals surface area contributed by atoms with Gasteiger partial charge in [-0.15, -0.1) is 0 Å². The minimum Gasteiger partial charge on any atom is -0.505 e. The maximum absolute atomic E-state index is 13.1. The van der Waals surface area contributed by atoms with Crippen molar-refractivity contribution in [3.05, 3.63) is 27.2 Å². The summed E-state index contributed by atoms with van der Waals surface area (Å²) >= 11 is 11.5. The number of halogens is 5. The Hall–Kier alpha value is -1.60. The number of carbonyl (C=O) groups excluding carboxylic acids is 1. The molecule has 0 spiro atoms. The Kier molecular flexibility index (Phi) is 4.49. The summed E-state index contributed by atoms with van der Waals surface area (Å²) in [4.78, 5) is 11.7. The summed E-state index contributed by atoms with van der Waals surface area (Å²) in [5, 5.41) is 9.05. The molecular formula is C13H9Cl2F3O4. The first-order valence-electron chi connectivity index (χ1n) is 5.99. The highest BCUT2D eigenvalue weighted by Crippen LogP contribution is 2.46. The van der Waals surface area contributed by atoms with Crippen molar-refractivity contribution in [2.75, 3.05) is 6.61 Å². The summed E-state index contributed by atoms with van der Waals surface area (Å²) in [6.07, 6.45) is -6.46. The maximum Gasteiger partial charge on any atom is 0.430 e. The van der Waals surface area contributed by atoms with E-state index in [1.807, 2.05) is 0 Å². The van der Waals surface area contributed by atoms with Crippen LogP contribution in [0.2, 0.25) is 10.0 Å². The lowest BCUT2D eigenvalue weighted by Gasteiger charge is -2.28. The Bertz CT molecular complexity index is 656. The van der Waals surface area contributed by atoms with Crippen LogP contribution in [0.15, 0.2) is 11.6 Å². The fourth-order valence-electron chi connectivity index (χ4n) is 1.88. The minimum atomic E-state index is -4.84. The number of hydrogen-bond donors (Lipinski definition) is 1. The van der Waals surface area contributed by atoms with Gasteiger partial charge >= 0.3 is 12.1 Å². The SMILES string of the molecule is CCOC(=O)C1=Cc2c(cc(Cl)c(O)c2Cl)OC1C(F)(F)F. The zero-order chi connectivity index (χ0) is 16.7. The number of esters is 1. The number of hydrogen-bond acceptors (Lipinski definition) is 4. The van der Waals surface area contributed by atoms with Gasteiger partial charge in [-0.1, -0.05) is 23.2 Å². The van der Waals surface area contributed by atoms with Crippen molar-refractivity contribution >= 4 is 35.2 Å². The van der Waals surface area contributed by atoms with Crippen LogP contribution in [-0.4, -0.2) is 30.0 Å². The summed E-state index contributed by atoms with van der Waals surface area (Å²) in [5.41, 5.74) is -0.836. The summed E-state index contributed by atoms with van der Waals surface area (Å²) < 4.78 is 48.6. The molecule has 1 N–H and O–H groups in total. The second-order valence-corrected chi connectivity index (χ2v) is 5.08. The quantitative estimate of drug-likeness (QED) is 0.814. The largest absolute Gasteiger partial charge is 0.505 e. The van der Waals surface area contributed by atoms with Gasteiger partial charge in [0.05, 0.1) is 22.2 Å². The van der Waals surface area contributed by atoms with Gasteiger partial charge in [0.2, 0.25) is 6.10 Å². The van der Waals surface area contributed by atoms with Crippen LogP contribution in [0.3, 0.4) is 0 Å². The Labute approximate surface area is 133 Å². The number of rotatable bonds is 2. The molecule has 1 aromatic carbocycles. The van der Waals surface area contributed by atoms with Crippen molar-refractivity contribution in [2.45, 2.75) is 19.2 Å². The number of benzene rings is 1. The molecule has 120 valence electrons. The fourth-order valence-corrected chi connectivity index (χ4v) is 2.37. The molecule has 4 nitrogen and oxygen atoms in total. The fraction of sp³-hybridized carbons (Fsp3) is 0.308. The van der Waals surface area contributed by atoms with E-state index in [0.717, 1.165) is 12.1 Å². The molecule has 0 fully saturated rings. The third-order valence-electron chi connectivity index (χ3n) is 2.83. The molecule has 1 heterocycles. The van der Waals surface area contributed by atoms with Crippen LogP contribution in [0.25, 0.3) is 6.08 Å². The summed E-state index contributed by atoms with van der Waals surface area (Å²) in [5.74, 6) is -1.99. The van der Waals surface area contributed by atoms with Crippen LogP contribution >= 0.6 is 23.2 Å². The van der Waals surface area contributed by atoms with Crippen LogP contribution in [0, 0.1) is 0 Å². The highest BCUT2D eigenvalue weighted by molar-refractivity contribution is 6.38. The Morgan fingerprint density at radius 1 is 1.45 bits per heavy atom. The van der Waals surface area contributed by atoms with E-state index in [1.165, 1.54) is 6.92 Å². The van der Waals surface area contributed by atoms with Crippen molar-refractivity contribution in [2.24, 2.45) is 0 Å². The zero-order valence-electron chi connectivity index (χ0n) is 11.0. The summed E-state index contributed by atoms with van der Waals surface area (Å²) in [7, 11) is 0. The van der Waals surface area contributed by atoms with Crippen LogP contribution in [0.4, 0.5) is 13.2 Å². The van der Waals surface area contributed by atoms with E-state index < -0.39 is 29.6 Å². The minimum absolute atomic E-state index is 0.0767. The number of ether oxygens (including phenoxy) is 2. The van der Waals surface area contributed by atoms with E-state index in [9.17, 15) is 23.1 Å². The molecular weight excluding hydrogens is 348 g/mol. The van der Waals surface area contributed by atoms with Crippen molar-refractivity contribution in [3.63, 3.8) is 0 Å². The molecule has 0 aromatic heterocycles. The Morgan fingerprint density at radius 3 is 2.64 bits per heavy atom. The molecule has 9 heteroatoms. The van der Waals surface area contributed by atoms with Gasteiger partial charge in [-0.2, -0.15) is 13.2 Å². The molecule has 0 saturated carbocycles. The maximum atomic E-state index is 13.1. The Morgan fingerprint density at radius 2 is 2.09 bits per heavy atom. The zero-order valence-corrected chi connectivity index (χ0v) is 12.5. The number of phenols is 1. The van der Waals surface area contributed by atoms with Gasteiger partial charge in [0.15, 0.2) is 5.75 Å². The molecule has 1 aromatic rings.